The van der Waals surface area contributed by atoms with Crippen LogP contribution in [0.25, 0.3) is 10.9 Å². The van der Waals surface area contributed by atoms with Crippen molar-refractivity contribution in [1.82, 2.24) is 4.57 Å². The summed E-state index contributed by atoms with van der Waals surface area (Å²) in [6.45, 7) is 0.313. The smallest absolute Gasteiger partial charge is 0.182 e. The summed E-state index contributed by atoms with van der Waals surface area (Å²) in [7, 11) is 1.60. The highest BCUT2D eigenvalue weighted by molar-refractivity contribution is 9.10. The molecule has 0 bridgehead atoms. The number of nitrogens with zero attached hydrogens (tertiary/aromatic N) is 1. The Kier molecular flexibility index (Phi) is 3.80. The first-order valence-electron chi connectivity index (χ1n) is 6.59. The van der Waals surface area contributed by atoms with Crippen LogP contribution in [-0.2, 0) is 6.54 Å². The van der Waals surface area contributed by atoms with Crippen LogP contribution in [0.2, 0.25) is 0 Å². The minimum Gasteiger partial charge on any atom is -0.497 e. The van der Waals surface area contributed by atoms with Gasteiger partial charge in [-0.1, -0.05) is 34.1 Å². The minimum absolute atomic E-state index is 0.0615. The molecule has 0 aliphatic rings. The van der Waals surface area contributed by atoms with E-state index in [1.54, 1.807) is 13.2 Å². The fraction of sp³-hybridized carbons (Fsp3) is 0.118. The maximum absolute atomic E-state index is 12.4. The summed E-state index contributed by atoms with van der Waals surface area (Å²) in [4.78, 5) is 12.4. The number of aromatic nitrogens is 1. The van der Waals surface area contributed by atoms with Crippen molar-refractivity contribution in [2.45, 2.75) is 6.54 Å². The number of Topliss-reactive ketones (excluding diaryl/α,β-unsaturated/α-hetero) is 1. The van der Waals surface area contributed by atoms with Crippen LogP contribution < -0.4 is 4.74 Å². The first-order valence-corrected chi connectivity index (χ1v) is 7.39. The minimum atomic E-state index is 0.0615. The van der Waals surface area contributed by atoms with Crippen LogP contribution in [0.4, 0.5) is 0 Å². The van der Waals surface area contributed by atoms with Gasteiger partial charge in [-0.2, -0.15) is 0 Å². The van der Waals surface area contributed by atoms with Gasteiger partial charge in [0.05, 0.1) is 13.7 Å². The van der Waals surface area contributed by atoms with Crippen molar-refractivity contribution in [3.05, 3.63) is 64.8 Å². The largest absolute Gasteiger partial charge is 0.497 e. The summed E-state index contributed by atoms with van der Waals surface area (Å²) in [5.74, 6) is 0.757. The fourth-order valence-corrected chi connectivity index (χ4v) is 2.85. The Balaban J connectivity index is 1.91. The quantitative estimate of drug-likeness (QED) is 0.661. The Morgan fingerprint density at radius 3 is 2.81 bits per heavy atom. The molecule has 0 aliphatic carbocycles. The number of methoxy groups -OCH3 is 1. The van der Waals surface area contributed by atoms with Gasteiger partial charge in [-0.25, -0.2) is 0 Å². The van der Waals surface area contributed by atoms with Crippen molar-refractivity contribution in [3.63, 3.8) is 0 Å². The Morgan fingerprint density at radius 1 is 1.19 bits per heavy atom. The molecule has 106 valence electrons. The van der Waals surface area contributed by atoms with Gasteiger partial charge in [0.2, 0.25) is 0 Å². The molecule has 0 saturated carbocycles. The second kappa shape index (κ2) is 5.74. The third-order valence-corrected chi connectivity index (χ3v) is 4.16. The highest BCUT2D eigenvalue weighted by Crippen LogP contribution is 2.25. The molecular weight excluding hydrogens is 330 g/mol. The van der Waals surface area contributed by atoms with Crippen LogP contribution in [0.3, 0.4) is 0 Å². The van der Waals surface area contributed by atoms with E-state index in [2.05, 4.69) is 15.9 Å². The number of hydrogen-bond acceptors (Lipinski definition) is 2. The van der Waals surface area contributed by atoms with E-state index < -0.39 is 0 Å². The average Bonchev–Trinajstić information content (AvgIpc) is 2.92. The maximum atomic E-state index is 12.4. The van der Waals surface area contributed by atoms with E-state index in [1.165, 1.54) is 0 Å². The van der Waals surface area contributed by atoms with Gasteiger partial charge in [0.1, 0.15) is 5.75 Å². The standard InChI is InChI=1S/C17H14BrNO2/c1-21-13-5-2-4-12(10-13)17(20)11-19-9-8-14-15(18)6-3-7-16(14)19/h2-10H,11H2,1H3. The van der Waals surface area contributed by atoms with Crippen LogP contribution in [0.1, 0.15) is 10.4 Å². The number of fused-ring (bicyclic) bond motifs is 1. The van der Waals surface area contributed by atoms with Gasteiger partial charge in [0.25, 0.3) is 0 Å². The van der Waals surface area contributed by atoms with Crippen molar-refractivity contribution in [2.24, 2.45) is 0 Å². The lowest BCUT2D eigenvalue weighted by Gasteiger charge is -2.07. The second-order valence-electron chi connectivity index (χ2n) is 4.77. The first-order chi connectivity index (χ1) is 10.2. The molecule has 3 nitrogen and oxygen atoms in total. The van der Waals surface area contributed by atoms with Crippen molar-refractivity contribution in [3.8, 4) is 5.75 Å². The van der Waals surface area contributed by atoms with E-state index >= 15 is 0 Å². The molecule has 0 radical (unpaired) electrons. The van der Waals surface area contributed by atoms with Crippen molar-refractivity contribution in [1.29, 1.82) is 0 Å². The van der Waals surface area contributed by atoms with E-state index in [1.807, 2.05) is 53.2 Å². The summed E-state index contributed by atoms with van der Waals surface area (Å²) in [5.41, 5.74) is 1.70. The Morgan fingerprint density at radius 2 is 2.00 bits per heavy atom. The van der Waals surface area contributed by atoms with E-state index in [0.29, 0.717) is 17.9 Å². The number of hydrogen-bond donors (Lipinski definition) is 0. The number of rotatable bonds is 4. The van der Waals surface area contributed by atoms with Gasteiger partial charge in [-0.3, -0.25) is 4.79 Å². The van der Waals surface area contributed by atoms with Crippen molar-refractivity contribution in [2.75, 3.05) is 7.11 Å². The van der Waals surface area contributed by atoms with Gasteiger partial charge < -0.3 is 9.30 Å². The molecule has 0 atom stereocenters. The van der Waals surface area contributed by atoms with Gasteiger partial charge in [-0.05, 0) is 30.3 Å². The summed E-state index contributed by atoms with van der Waals surface area (Å²) in [6.07, 6.45) is 1.94. The molecule has 0 aliphatic heterocycles. The zero-order chi connectivity index (χ0) is 14.8. The lowest BCUT2D eigenvalue weighted by atomic mass is 10.1. The molecular formula is C17H14BrNO2. The topological polar surface area (TPSA) is 31.2 Å². The molecule has 0 unspecified atom stereocenters. The van der Waals surface area contributed by atoms with Gasteiger partial charge >= 0.3 is 0 Å². The number of carbonyl (C=O) groups is 1. The van der Waals surface area contributed by atoms with Crippen molar-refractivity contribution >= 4 is 32.6 Å². The van der Waals surface area contributed by atoms with Crippen molar-refractivity contribution < 1.29 is 9.53 Å². The third kappa shape index (κ3) is 2.72. The fourth-order valence-electron chi connectivity index (χ4n) is 2.37. The second-order valence-corrected chi connectivity index (χ2v) is 5.63. The van der Waals surface area contributed by atoms with Crippen LogP contribution >= 0.6 is 15.9 Å². The molecule has 1 aromatic heterocycles. The Labute approximate surface area is 131 Å². The predicted molar refractivity (Wildman–Crippen MR) is 87.0 cm³/mol. The van der Waals surface area contributed by atoms with Crippen LogP contribution in [-0.4, -0.2) is 17.5 Å². The zero-order valence-corrected chi connectivity index (χ0v) is 13.1. The molecule has 4 heteroatoms. The van der Waals surface area contributed by atoms with Gasteiger partial charge in [0, 0.05) is 27.1 Å². The van der Waals surface area contributed by atoms with E-state index in [0.717, 1.165) is 15.4 Å². The summed E-state index contributed by atoms with van der Waals surface area (Å²) >= 11 is 3.53. The molecule has 0 amide bonds. The Bertz CT molecular complexity index is 807. The molecule has 0 spiro atoms. The van der Waals surface area contributed by atoms with E-state index in [-0.39, 0.29) is 5.78 Å². The lowest BCUT2D eigenvalue weighted by molar-refractivity contribution is 0.0973. The van der Waals surface area contributed by atoms with Crippen LogP contribution in [0.5, 0.6) is 5.75 Å². The monoisotopic (exact) mass is 343 g/mol. The molecule has 0 N–H and O–H groups in total. The normalized spacial score (nSPS) is 10.8. The predicted octanol–water partition coefficient (Wildman–Crippen LogP) is 4.30. The van der Waals surface area contributed by atoms with E-state index in [9.17, 15) is 4.79 Å². The number of ether oxygens (including phenoxy) is 1. The Hall–Kier alpha value is -2.07. The lowest BCUT2D eigenvalue weighted by Crippen LogP contribution is -2.09. The zero-order valence-electron chi connectivity index (χ0n) is 11.5. The number of ketones is 1. The average molecular weight is 344 g/mol. The van der Waals surface area contributed by atoms with Crippen LogP contribution in [0, 0.1) is 0 Å². The number of carbonyl (C=O) groups excluding carboxylic acids is 1. The van der Waals surface area contributed by atoms with Crippen LogP contribution in [0.15, 0.2) is 59.2 Å². The SMILES string of the molecule is COc1cccc(C(=O)Cn2ccc3c(Br)cccc32)c1. The maximum Gasteiger partial charge on any atom is 0.182 e. The summed E-state index contributed by atoms with van der Waals surface area (Å²) in [6, 6.07) is 15.2. The van der Waals surface area contributed by atoms with Gasteiger partial charge in [-0.15, -0.1) is 0 Å². The molecule has 3 rings (SSSR count). The highest BCUT2D eigenvalue weighted by Gasteiger charge is 2.10. The number of halogens is 1. The van der Waals surface area contributed by atoms with E-state index in [4.69, 9.17) is 4.74 Å². The van der Waals surface area contributed by atoms with Gasteiger partial charge in [0.15, 0.2) is 5.78 Å². The molecule has 3 aromatic rings. The third-order valence-electron chi connectivity index (χ3n) is 3.47. The molecule has 0 fully saturated rings. The molecule has 21 heavy (non-hydrogen) atoms. The summed E-state index contributed by atoms with van der Waals surface area (Å²) in [5, 5.41) is 1.11. The molecule has 2 aromatic carbocycles. The first kappa shape index (κ1) is 13.9. The summed E-state index contributed by atoms with van der Waals surface area (Å²) < 4.78 is 8.16. The highest BCUT2D eigenvalue weighted by atomic mass is 79.9. The number of benzene rings is 2. The molecule has 0 saturated heterocycles. The molecule has 1 heterocycles.